The lowest BCUT2D eigenvalue weighted by atomic mass is 9.97. The molecule has 0 bridgehead atoms. The maximum absolute atomic E-state index is 3.57. The quantitative estimate of drug-likeness (QED) is 0.669. The highest BCUT2D eigenvalue weighted by Crippen LogP contribution is 2.21. The van der Waals surface area contributed by atoms with E-state index in [1.807, 2.05) is 0 Å². The van der Waals surface area contributed by atoms with E-state index in [1.54, 1.807) is 0 Å². The van der Waals surface area contributed by atoms with Crippen LogP contribution in [-0.2, 0) is 13.0 Å². The summed E-state index contributed by atoms with van der Waals surface area (Å²) in [5.74, 6) is 0. The first kappa shape index (κ1) is 15.5. The molecule has 1 aliphatic rings. The van der Waals surface area contributed by atoms with Gasteiger partial charge in [-0.1, -0.05) is 52.3 Å². The highest BCUT2D eigenvalue weighted by Gasteiger charge is 2.22. The average Bonchev–Trinajstić information content (AvgIpc) is 2.44. The van der Waals surface area contributed by atoms with Crippen LogP contribution in [0.4, 0.5) is 0 Å². The van der Waals surface area contributed by atoms with E-state index in [0.717, 1.165) is 24.0 Å². The van der Waals surface area contributed by atoms with E-state index in [4.69, 9.17) is 0 Å². The predicted octanol–water partition coefficient (Wildman–Crippen LogP) is 1.03. The van der Waals surface area contributed by atoms with E-state index >= 15 is 0 Å². The van der Waals surface area contributed by atoms with Crippen LogP contribution in [0.2, 0.25) is 0 Å². The van der Waals surface area contributed by atoms with Crippen LogP contribution in [0.25, 0.3) is 0 Å². The maximum Gasteiger partial charge on any atom is 0.180 e. The second kappa shape index (κ2) is 6.68. The van der Waals surface area contributed by atoms with Crippen LogP contribution in [0.3, 0.4) is 0 Å². The molecule has 0 aromatic heterocycles. The molecule has 0 saturated heterocycles. The van der Waals surface area contributed by atoms with Gasteiger partial charge >= 0.3 is 0 Å². The van der Waals surface area contributed by atoms with Crippen molar-refractivity contribution in [1.82, 2.24) is 0 Å². The van der Waals surface area contributed by atoms with Gasteiger partial charge in [-0.15, -0.1) is 0 Å². The predicted molar refractivity (Wildman–Crippen MR) is 82.9 cm³/mol. The molecule has 2 aromatic carbocycles. The van der Waals surface area contributed by atoms with Gasteiger partial charge in [-0.3, -0.25) is 0 Å². The number of hydrogen-bond acceptors (Lipinski definition) is 0. The summed E-state index contributed by atoms with van der Waals surface area (Å²) in [4.78, 5) is 0. The molecule has 0 unspecified atom stereocenters. The van der Waals surface area contributed by atoms with E-state index in [9.17, 15) is 0 Å². The molecule has 0 saturated carbocycles. The van der Waals surface area contributed by atoms with E-state index < -0.39 is 0 Å². The molecule has 104 valence electrons. The summed E-state index contributed by atoms with van der Waals surface area (Å²) in [7, 11) is 0. The largest absolute Gasteiger partial charge is 1.00 e. The van der Waals surface area contributed by atoms with Crippen LogP contribution in [0.1, 0.15) is 23.6 Å². The summed E-state index contributed by atoms with van der Waals surface area (Å²) in [5, 5.41) is 0. The Morgan fingerprint density at radius 1 is 1.10 bits per heavy atom. The average molecular weight is 395 g/mol. The second-order valence-corrected chi connectivity index (χ2v) is 5.96. The fraction of sp³-hybridized carbons (Fsp3) is 0.235. The molecule has 3 heteroatoms. The maximum atomic E-state index is 3.57. The molecule has 1 aliphatic heterocycles. The molecule has 0 N–H and O–H groups in total. The molecule has 3 rings (SSSR count). The highest BCUT2D eigenvalue weighted by atomic mass is 79.9. The summed E-state index contributed by atoms with van der Waals surface area (Å²) < 4.78 is 3.64. The summed E-state index contributed by atoms with van der Waals surface area (Å²) in [5.41, 5.74) is 5.60. The molecule has 0 spiro atoms. The van der Waals surface area contributed by atoms with Crippen LogP contribution in [0, 0.1) is 0 Å². The molecule has 1 heterocycles. The molecular weight excluding hydrogens is 378 g/mol. The Labute approximate surface area is 139 Å². The van der Waals surface area contributed by atoms with Gasteiger partial charge in [0.2, 0.25) is 0 Å². The molecule has 0 radical (unpaired) electrons. The Kier molecular flexibility index (Phi) is 5.17. The van der Waals surface area contributed by atoms with Crippen molar-refractivity contribution in [2.45, 2.75) is 19.9 Å². The van der Waals surface area contributed by atoms with Crippen molar-refractivity contribution in [3.8, 4) is 0 Å². The summed E-state index contributed by atoms with van der Waals surface area (Å²) >= 11 is 3.57. The molecule has 2 aromatic rings. The van der Waals surface area contributed by atoms with Gasteiger partial charge in [0.15, 0.2) is 12.3 Å². The van der Waals surface area contributed by atoms with E-state index in [0.29, 0.717) is 0 Å². The Bertz CT molecular complexity index is 633. The third-order valence-electron chi connectivity index (χ3n) is 3.80. The first-order valence-corrected chi connectivity index (χ1v) is 7.44. The Morgan fingerprint density at radius 2 is 1.85 bits per heavy atom. The first-order valence-electron chi connectivity index (χ1n) is 6.65. The zero-order valence-corrected chi connectivity index (χ0v) is 14.6. The fourth-order valence-corrected chi connectivity index (χ4v) is 3.06. The third-order valence-corrected chi connectivity index (χ3v) is 4.30. The standard InChI is InChI=1S/C17H17BrN.BrH/c1-13-17-11-16(18)8-7-15(17)9-10-19(13)12-14-5-3-2-4-6-14;/h2-8,11H,9-10,12H2,1H3;1H/q+1;/p-1. The lowest BCUT2D eigenvalue weighted by molar-refractivity contribution is -0.545. The number of fused-ring (bicyclic) bond motifs is 1. The Hall–Kier alpha value is -0.930. The van der Waals surface area contributed by atoms with Gasteiger partial charge in [-0.25, -0.2) is 4.58 Å². The topological polar surface area (TPSA) is 3.01 Å². The van der Waals surface area contributed by atoms with Crippen LogP contribution in [-0.4, -0.2) is 16.8 Å². The summed E-state index contributed by atoms with van der Waals surface area (Å²) in [6.07, 6.45) is 1.13. The Morgan fingerprint density at radius 3 is 2.60 bits per heavy atom. The van der Waals surface area contributed by atoms with E-state index in [-0.39, 0.29) is 17.0 Å². The van der Waals surface area contributed by atoms with Crippen molar-refractivity contribution in [3.05, 3.63) is 69.7 Å². The third kappa shape index (κ3) is 3.21. The van der Waals surface area contributed by atoms with E-state index in [1.165, 1.54) is 22.4 Å². The van der Waals surface area contributed by atoms with Gasteiger partial charge in [0.25, 0.3) is 0 Å². The zero-order chi connectivity index (χ0) is 13.2. The molecule has 0 amide bonds. The number of halogens is 2. The first-order chi connectivity index (χ1) is 9.24. The Balaban J connectivity index is 0.00000147. The van der Waals surface area contributed by atoms with Gasteiger partial charge in [0.05, 0.1) is 0 Å². The second-order valence-electron chi connectivity index (χ2n) is 5.04. The minimum Gasteiger partial charge on any atom is -1.00 e. The minimum absolute atomic E-state index is 0. The lowest BCUT2D eigenvalue weighted by Crippen LogP contribution is -3.00. The van der Waals surface area contributed by atoms with Crippen molar-refractivity contribution in [2.24, 2.45) is 0 Å². The van der Waals surface area contributed by atoms with Crippen LogP contribution in [0.5, 0.6) is 0 Å². The summed E-state index contributed by atoms with van der Waals surface area (Å²) in [6.45, 7) is 4.33. The van der Waals surface area contributed by atoms with Gasteiger partial charge < -0.3 is 17.0 Å². The smallest absolute Gasteiger partial charge is 0.180 e. The number of rotatable bonds is 2. The van der Waals surface area contributed by atoms with Gasteiger partial charge in [-0.05, 0) is 17.7 Å². The van der Waals surface area contributed by atoms with Crippen molar-refractivity contribution in [1.29, 1.82) is 0 Å². The number of nitrogens with zero attached hydrogens (tertiary/aromatic N) is 1. The highest BCUT2D eigenvalue weighted by molar-refractivity contribution is 9.10. The van der Waals surface area contributed by atoms with Gasteiger partial charge in [-0.2, -0.15) is 0 Å². The SMILES string of the molecule is CC1=[N+](Cc2ccccc2)CCc2ccc(Br)cc21.[Br-]. The van der Waals surface area contributed by atoms with Crippen LogP contribution in [0.15, 0.2) is 53.0 Å². The van der Waals surface area contributed by atoms with Gasteiger partial charge in [0.1, 0.15) is 6.54 Å². The van der Waals surface area contributed by atoms with Gasteiger partial charge in [0, 0.05) is 28.9 Å². The van der Waals surface area contributed by atoms with Crippen LogP contribution >= 0.6 is 15.9 Å². The molecule has 0 aliphatic carbocycles. The minimum atomic E-state index is 0. The van der Waals surface area contributed by atoms with Crippen molar-refractivity contribution in [2.75, 3.05) is 6.54 Å². The normalized spacial score (nSPS) is 13.7. The van der Waals surface area contributed by atoms with Crippen molar-refractivity contribution >= 4 is 21.6 Å². The van der Waals surface area contributed by atoms with Crippen LogP contribution < -0.4 is 17.0 Å². The lowest BCUT2D eigenvalue weighted by Gasteiger charge is -2.17. The zero-order valence-electron chi connectivity index (χ0n) is 11.4. The molecule has 1 nitrogen and oxygen atoms in total. The molecule has 20 heavy (non-hydrogen) atoms. The fourth-order valence-electron chi connectivity index (χ4n) is 2.70. The number of benzene rings is 2. The van der Waals surface area contributed by atoms with E-state index in [2.05, 4.69) is 76.0 Å². The monoisotopic (exact) mass is 393 g/mol. The molecule has 0 atom stereocenters. The molecular formula is C17H17Br2N. The number of hydrogen-bond donors (Lipinski definition) is 0. The van der Waals surface area contributed by atoms with Crippen molar-refractivity contribution < 1.29 is 21.6 Å². The summed E-state index contributed by atoms with van der Waals surface area (Å²) in [6, 6.07) is 17.3. The molecule has 0 fully saturated rings. The van der Waals surface area contributed by atoms with Crippen molar-refractivity contribution in [3.63, 3.8) is 0 Å².